The highest BCUT2D eigenvalue weighted by Crippen LogP contribution is 2.27. The molecule has 3 aromatic rings. The maximum Gasteiger partial charge on any atom is 0.291 e. The molecule has 0 fully saturated rings. The molecule has 138 valence electrons. The molecule has 3 rings (SSSR count). The number of carbonyl (C=O) groups is 2. The highest BCUT2D eigenvalue weighted by molar-refractivity contribution is 6.32. The van der Waals surface area contributed by atoms with Gasteiger partial charge in [-0.25, -0.2) is 0 Å². The van der Waals surface area contributed by atoms with Crippen molar-refractivity contribution in [3.63, 3.8) is 0 Å². The maximum atomic E-state index is 12.3. The number of hydrogen-bond acceptors (Lipinski definition) is 4. The molecule has 27 heavy (non-hydrogen) atoms. The Hall–Kier alpha value is -3.25. The first kappa shape index (κ1) is 18.5. The summed E-state index contributed by atoms with van der Waals surface area (Å²) in [4.78, 5) is 24.3. The van der Waals surface area contributed by atoms with Crippen LogP contribution in [0.2, 0.25) is 5.02 Å². The Morgan fingerprint density at radius 3 is 2.52 bits per heavy atom. The second-order valence-corrected chi connectivity index (χ2v) is 6.03. The summed E-state index contributed by atoms with van der Waals surface area (Å²) in [6.07, 6.45) is 0. The Morgan fingerprint density at radius 1 is 1.04 bits per heavy atom. The van der Waals surface area contributed by atoms with Crippen LogP contribution in [-0.2, 0) is 6.54 Å². The molecule has 0 bridgehead atoms. The van der Waals surface area contributed by atoms with Gasteiger partial charge in [-0.3, -0.25) is 9.59 Å². The molecule has 0 radical (unpaired) electrons. The smallest absolute Gasteiger partial charge is 0.291 e. The number of benzene rings is 2. The Labute approximate surface area is 161 Å². The number of anilines is 1. The van der Waals surface area contributed by atoms with Crippen molar-refractivity contribution in [3.05, 3.63) is 82.8 Å². The molecule has 0 unspecified atom stereocenters. The summed E-state index contributed by atoms with van der Waals surface area (Å²) in [6, 6.07) is 17.0. The predicted octanol–water partition coefficient (Wildman–Crippen LogP) is 4.12. The third kappa shape index (κ3) is 4.68. The van der Waals surface area contributed by atoms with Gasteiger partial charge in [0.25, 0.3) is 11.8 Å². The van der Waals surface area contributed by atoms with Gasteiger partial charge in [-0.1, -0.05) is 29.8 Å². The first-order valence-electron chi connectivity index (χ1n) is 8.13. The van der Waals surface area contributed by atoms with Crippen molar-refractivity contribution in [1.82, 2.24) is 5.32 Å². The van der Waals surface area contributed by atoms with Crippen molar-refractivity contribution >= 4 is 29.1 Å². The standard InChI is InChI=1S/C20H17ClN2O4/c1-26-17-9-7-14(11-16(17)21)23-20(25)18-10-8-15(27-18)12-22-19(24)13-5-3-2-4-6-13/h2-11H,12H2,1H3,(H,22,24)(H,23,25). The number of carbonyl (C=O) groups excluding carboxylic acids is 2. The fourth-order valence-electron chi connectivity index (χ4n) is 2.39. The van der Waals surface area contributed by atoms with Gasteiger partial charge in [-0.15, -0.1) is 0 Å². The van der Waals surface area contributed by atoms with Gasteiger partial charge in [0.1, 0.15) is 11.5 Å². The van der Waals surface area contributed by atoms with Gasteiger partial charge in [-0.05, 0) is 42.5 Å². The van der Waals surface area contributed by atoms with E-state index in [1.807, 2.05) is 6.07 Å². The Kier molecular flexibility index (Phi) is 5.78. The molecule has 2 aromatic carbocycles. The van der Waals surface area contributed by atoms with E-state index in [1.54, 1.807) is 54.6 Å². The first-order chi connectivity index (χ1) is 13.1. The highest BCUT2D eigenvalue weighted by Gasteiger charge is 2.13. The van der Waals surface area contributed by atoms with Gasteiger partial charge in [0.15, 0.2) is 5.76 Å². The van der Waals surface area contributed by atoms with E-state index in [0.29, 0.717) is 27.8 Å². The Balaban J connectivity index is 1.59. The van der Waals surface area contributed by atoms with E-state index in [-0.39, 0.29) is 18.2 Å². The average molecular weight is 385 g/mol. The molecule has 0 atom stereocenters. The lowest BCUT2D eigenvalue weighted by Crippen LogP contribution is -2.22. The summed E-state index contributed by atoms with van der Waals surface area (Å²) in [6.45, 7) is 0.176. The summed E-state index contributed by atoms with van der Waals surface area (Å²) < 4.78 is 10.6. The van der Waals surface area contributed by atoms with Gasteiger partial charge in [0.05, 0.1) is 18.7 Å². The minimum absolute atomic E-state index is 0.130. The molecule has 7 heteroatoms. The van der Waals surface area contributed by atoms with Crippen molar-refractivity contribution in [2.45, 2.75) is 6.54 Å². The number of hydrogen-bond donors (Lipinski definition) is 2. The SMILES string of the molecule is COc1ccc(NC(=O)c2ccc(CNC(=O)c3ccccc3)o2)cc1Cl. The summed E-state index contributed by atoms with van der Waals surface area (Å²) in [5.74, 6) is 0.481. The lowest BCUT2D eigenvalue weighted by Gasteiger charge is -2.07. The molecule has 0 aliphatic rings. The van der Waals surface area contributed by atoms with Crippen LogP contribution in [0.4, 0.5) is 5.69 Å². The number of amides is 2. The van der Waals surface area contributed by atoms with Crippen molar-refractivity contribution in [3.8, 4) is 5.75 Å². The quantitative estimate of drug-likeness (QED) is 0.669. The van der Waals surface area contributed by atoms with Crippen molar-refractivity contribution in [2.24, 2.45) is 0 Å². The summed E-state index contributed by atoms with van der Waals surface area (Å²) in [7, 11) is 1.51. The maximum absolute atomic E-state index is 12.3. The van der Waals surface area contributed by atoms with Gasteiger partial charge in [0.2, 0.25) is 0 Å². The molecular formula is C20H17ClN2O4. The summed E-state index contributed by atoms with van der Waals surface area (Å²) in [5, 5.41) is 5.82. The van der Waals surface area contributed by atoms with Gasteiger partial charge < -0.3 is 19.8 Å². The number of nitrogens with one attached hydrogen (secondary N) is 2. The summed E-state index contributed by atoms with van der Waals surface area (Å²) in [5.41, 5.74) is 1.07. The van der Waals surface area contributed by atoms with E-state index in [4.69, 9.17) is 20.8 Å². The Morgan fingerprint density at radius 2 is 1.81 bits per heavy atom. The zero-order chi connectivity index (χ0) is 19.2. The minimum atomic E-state index is -0.420. The lowest BCUT2D eigenvalue weighted by molar-refractivity contribution is 0.0948. The van der Waals surface area contributed by atoms with Crippen LogP contribution in [0.25, 0.3) is 0 Å². The molecule has 0 aliphatic heterocycles. The number of ether oxygens (including phenoxy) is 1. The van der Waals surface area contributed by atoms with Crippen LogP contribution < -0.4 is 15.4 Å². The van der Waals surface area contributed by atoms with Gasteiger partial charge in [-0.2, -0.15) is 0 Å². The number of furan rings is 1. The number of halogens is 1. The Bertz CT molecular complexity index is 954. The number of rotatable bonds is 6. The molecule has 0 spiro atoms. The zero-order valence-corrected chi connectivity index (χ0v) is 15.2. The van der Waals surface area contributed by atoms with Crippen LogP contribution >= 0.6 is 11.6 Å². The molecular weight excluding hydrogens is 368 g/mol. The molecule has 6 nitrogen and oxygen atoms in total. The van der Waals surface area contributed by atoms with Crippen LogP contribution in [0.15, 0.2) is 65.1 Å². The highest BCUT2D eigenvalue weighted by atomic mass is 35.5. The van der Waals surface area contributed by atoms with Crippen LogP contribution in [0.5, 0.6) is 5.75 Å². The molecule has 0 saturated heterocycles. The van der Waals surface area contributed by atoms with Gasteiger partial charge in [0, 0.05) is 11.3 Å². The van der Waals surface area contributed by atoms with Crippen molar-refractivity contribution in [1.29, 1.82) is 0 Å². The van der Waals surface area contributed by atoms with E-state index in [9.17, 15) is 9.59 Å². The molecule has 1 aromatic heterocycles. The molecule has 2 N–H and O–H groups in total. The minimum Gasteiger partial charge on any atom is -0.495 e. The van der Waals surface area contributed by atoms with E-state index in [1.165, 1.54) is 7.11 Å². The largest absolute Gasteiger partial charge is 0.495 e. The van der Waals surface area contributed by atoms with Crippen LogP contribution in [-0.4, -0.2) is 18.9 Å². The molecule has 0 aliphatic carbocycles. The monoisotopic (exact) mass is 384 g/mol. The third-order valence-electron chi connectivity index (χ3n) is 3.75. The lowest BCUT2D eigenvalue weighted by atomic mass is 10.2. The second kappa shape index (κ2) is 8.42. The molecule has 1 heterocycles. The topological polar surface area (TPSA) is 80.6 Å². The normalized spacial score (nSPS) is 10.3. The van der Waals surface area contributed by atoms with Crippen LogP contribution in [0.3, 0.4) is 0 Å². The van der Waals surface area contributed by atoms with E-state index in [2.05, 4.69) is 10.6 Å². The van der Waals surface area contributed by atoms with E-state index >= 15 is 0 Å². The predicted molar refractivity (Wildman–Crippen MR) is 102 cm³/mol. The van der Waals surface area contributed by atoms with E-state index in [0.717, 1.165) is 0 Å². The number of methoxy groups -OCH3 is 1. The molecule has 0 saturated carbocycles. The van der Waals surface area contributed by atoms with E-state index < -0.39 is 5.91 Å². The fourth-order valence-corrected chi connectivity index (χ4v) is 2.65. The third-order valence-corrected chi connectivity index (χ3v) is 4.05. The zero-order valence-electron chi connectivity index (χ0n) is 14.5. The second-order valence-electron chi connectivity index (χ2n) is 5.62. The first-order valence-corrected chi connectivity index (χ1v) is 8.51. The van der Waals surface area contributed by atoms with Gasteiger partial charge >= 0.3 is 0 Å². The van der Waals surface area contributed by atoms with Crippen molar-refractivity contribution in [2.75, 3.05) is 12.4 Å². The van der Waals surface area contributed by atoms with Crippen LogP contribution in [0.1, 0.15) is 26.7 Å². The van der Waals surface area contributed by atoms with Crippen molar-refractivity contribution < 1.29 is 18.7 Å². The molecule has 2 amide bonds. The average Bonchev–Trinajstić information content (AvgIpc) is 3.16. The summed E-state index contributed by atoms with van der Waals surface area (Å²) >= 11 is 6.04. The van der Waals surface area contributed by atoms with Crippen LogP contribution in [0, 0.1) is 0 Å². The fraction of sp³-hybridized carbons (Fsp3) is 0.100.